The van der Waals surface area contributed by atoms with Gasteiger partial charge in [0, 0.05) is 16.7 Å². The van der Waals surface area contributed by atoms with Crippen molar-refractivity contribution >= 4 is 23.2 Å². The molecule has 0 bridgehead atoms. The lowest BCUT2D eigenvalue weighted by molar-refractivity contribution is -0.124. The number of halogens is 3. The minimum absolute atomic E-state index is 0.0900. The van der Waals surface area contributed by atoms with E-state index >= 15 is 0 Å². The molecule has 3 rings (SSSR count). The molecule has 0 radical (unpaired) electrons. The maximum absolute atomic E-state index is 14.1. The van der Waals surface area contributed by atoms with E-state index in [-0.39, 0.29) is 6.54 Å². The van der Waals surface area contributed by atoms with Crippen LogP contribution in [0.2, 0.25) is 5.02 Å². The van der Waals surface area contributed by atoms with Gasteiger partial charge >= 0.3 is 0 Å². The zero-order valence-corrected chi connectivity index (χ0v) is 13.7. The number of nitrogens with zero attached hydrogens (tertiary/aromatic N) is 1. The van der Waals surface area contributed by atoms with Gasteiger partial charge in [0.05, 0.1) is 13.7 Å². The Morgan fingerprint density at radius 1 is 1.29 bits per heavy atom. The van der Waals surface area contributed by atoms with Crippen molar-refractivity contribution in [3.05, 3.63) is 52.6 Å². The smallest absolute Gasteiger partial charge is 0.268 e. The van der Waals surface area contributed by atoms with Gasteiger partial charge in [0.2, 0.25) is 0 Å². The fraction of sp³-hybridized carbons (Fsp3) is 0.235. The van der Waals surface area contributed by atoms with E-state index in [0.29, 0.717) is 22.1 Å². The number of hydrogen-bond acceptors (Lipinski definition) is 3. The monoisotopic (exact) mass is 353 g/mol. The van der Waals surface area contributed by atoms with Crippen LogP contribution in [0, 0.1) is 11.6 Å². The normalized spacial score (nSPS) is 17.1. The molecule has 2 aromatic rings. The average Bonchev–Trinajstić information content (AvgIpc) is 2.65. The molecule has 24 heavy (non-hydrogen) atoms. The van der Waals surface area contributed by atoms with E-state index in [4.69, 9.17) is 21.1 Å². The number of carbonyl (C=O) groups is 1. The predicted molar refractivity (Wildman–Crippen MR) is 85.6 cm³/mol. The van der Waals surface area contributed by atoms with E-state index in [2.05, 4.69) is 0 Å². The molecule has 1 atom stereocenters. The Morgan fingerprint density at radius 2 is 1.96 bits per heavy atom. The van der Waals surface area contributed by atoms with Crippen LogP contribution in [-0.4, -0.2) is 19.1 Å². The molecule has 1 amide bonds. The highest BCUT2D eigenvalue weighted by Crippen LogP contribution is 2.39. The second-order valence-corrected chi connectivity index (χ2v) is 5.79. The van der Waals surface area contributed by atoms with Gasteiger partial charge in [0.15, 0.2) is 17.6 Å². The van der Waals surface area contributed by atoms with Gasteiger partial charge in [-0.1, -0.05) is 17.7 Å². The first-order valence-corrected chi connectivity index (χ1v) is 7.58. The number of hydrogen-bond donors (Lipinski definition) is 0. The fourth-order valence-corrected chi connectivity index (χ4v) is 2.89. The first kappa shape index (κ1) is 16.5. The van der Waals surface area contributed by atoms with E-state index < -0.39 is 29.3 Å². The molecular weight excluding hydrogens is 340 g/mol. The van der Waals surface area contributed by atoms with Crippen LogP contribution in [0.4, 0.5) is 14.5 Å². The molecule has 0 saturated carbocycles. The third kappa shape index (κ3) is 2.78. The van der Waals surface area contributed by atoms with Gasteiger partial charge in [0.1, 0.15) is 17.3 Å². The average molecular weight is 354 g/mol. The number of amides is 1. The molecule has 0 aromatic heterocycles. The van der Waals surface area contributed by atoms with Crippen LogP contribution in [0.5, 0.6) is 11.5 Å². The van der Waals surface area contributed by atoms with Crippen molar-refractivity contribution in [2.75, 3.05) is 12.0 Å². The first-order valence-electron chi connectivity index (χ1n) is 7.21. The van der Waals surface area contributed by atoms with Crippen LogP contribution in [0.25, 0.3) is 0 Å². The zero-order valence-electron chi connectivity index (χ0n) is 13.0. The van der Waals surface area contributed by atoms with Crippen LogP contribution >= 0.6 is 11.6 Å². The van der Waals surface area contributed by atoms with Gasteiger partial charge in [-0.05, 0) is 25.1 Å². The number of para-hydroxylation sites is 1. The van der Waals surface area contributed by atoms with Gasteiger partial charge in [0.25, 0.3) is 5.91 Å². The van der Waals surface area contributed by atoms with E-state index in [1.807, 2.05) is 0 Å². The third-order valence-electron chi connectivity index (χ3n) is 3.76. The lowest BCUT2D eigenvalue weighted by atomic mass is 10.1. The summed E-state index contributed by atoms with van der Waals surface area (Å²) in [5.74, 6) is -1.52. The maximum atomic E-state index is 14.1. The van der Waals surface area contributed by atoms with E-state index in [9.17, 15) is 13.6 Å². The summed E-state index contributed by atoms with van der Waals surface area (Å²) in [6.45, 7) is 1.42. The summed E-state index contributed by atoms with van der Waals surface area (Å²) in [7, 11) is 1.45. The highest BCUT2D eigenvalue weighted by Gasteiger charge is 2.33. The molecule has 4 nitrogen and oxygen atoms in total. The predicted octanol–water partition coefficient (Wildman–Crippen LogP) is 3.94. The number of ether oxygens (including phenoxy) is 2. The second-order valence-electron chi connectivity index (χ2n) is 5.35. The Hall–Kier alpha value is -2.34. The Balaban J connectivity index is 2.16. The lowest BCUT2D eigenvalue weighted by Crippen LogP contribution is -2.39. The van der Waals surface area contributed by atoms with Gasteiger partial charge in [-0.3, -0.25) is 9.69 Å². The maximum Gasteiger partial charge on any atom is 0.268 e. The summed E-state index contributed by atoms with van der Waals surface area (Å²) in [6.07, 6.45) is -0.944. The summed E-state index contributed by atoms with van der Waals surface area (Å²) in [4.78, 5) is 13.6. The van der Waals surface area contributed by atoms with Gasteiger partial charge < -0.3 is 9.47 Å². The van der Waals surface area contributed by atoms with Crippen molar-refractivity contribution in [2.24, 2.45) is 0 Å². The molecule has 0 fully saturated rings. The molecule has 0 N–H and O–H groups in total. The van der Waals surface area contributed by atoms with Crippen molar-refractivity contribution in [2.45, 2.75) is 19.6 Å². The highest BCUT2D eigenvalue weighted by atomic mass is 35.5. The Kier molecular flexibility index (Phi) is 4.32. The number of fused-ring (bicyclic) bond motifs is 1. The minimum Gasteiger partial charge on any atom is -0.493 e. The molecular formula is C17H14ClF2NO3. The standard InChI is InChI=1S/C17H14ClF2NO3/c1-9-17(22)21(15-12(19)4-3-5-13(15)20)8-10-6-11(18)7-14(23-2)16(10)24-9/h3-7,9H,8H2,1-2H3/t9-/m0/s1. The van der Waals surface area contributed by atoms with E-state index in [1.165, 1.54) is 20.1 Å². The quantitative estimate of drug-likeness (QED) is 0.820. The molecule has 0 unspecified atom stereocenters. The van der Waals surface area contributed by atoms with Crippen LogP contribution in [0.3, 0.4) is 0 Å². The zero-order chi connectivity index (χ0) is 17.4. The fourth-order valence-electron chi connectivity index (χ4n) is 2.66. The van der Waals surface area contributed by atoms with Crippen LogP contribution in [-0.2, 0) is 11.3 Å². The summed E-state index contributed by atoms with van der Waals surface area (Å²) >= 11 is 6.06. The number of rotatable bonds is 2. The molecule has 0 saturated heterocycles. The van der Waals surface area contributed by atoms with Crippen molar-refractivity contribution in [1.29, 1.82) is 0 Å². The number of methoxy groups -OCH3 is 1. The molecule has 1 aliphatic heterocycles. The molecule has 1 aliphatic rings. The number of benzene rings is 2. The Labute approximate surface area is 142 Å². The van der Waals surface area contributed by atoms with Crippen molar-refractivity contribution in [3.63, 3.8) is 0 Å². The number of carbonyl (C=O) groups excluding carboxylic acids is 1. The van der Waals surface area contributed by atoms with Crippen LogP contribution in [0.1, 0.15) is 12.5 Å². The van der Waals surface area contributed by atoms with Gasteiger partial charge in [-0.2, -0.15) is 0 Å². The largest absolute Gasteiger partial charge is 0.493 e. The highest BCUT2D eigenvalue weighted by molar-refractivity contribution is 6.30. The minimum atomic E-state index is -0.944. The second kappa shape index (κ2) is 6.28. The van der Waals surface area contributed by atoms with E-state index in [0.717, 1.165) is 17.0 Å². The Morgan fingerprint density at radius 3 is 2.58 bits per heavy atom. The van der Waals surface area contributed by atoms with Gasteiger partial charge in [-0.15, -0.1) is 0 Å². The summed E-state index contributed by atoms with van der Waals surface area (Å²) in [6, 6.07) is 6.57. The molecule has 126 valence electrons. The Bertz CT molecular complexity index is 792. The SMILES string of the molecule is COc1cc(Cl)cc2c1O[C@@H](C)C(=O)N(c1c(F)cccc1F)C2. The summed E-state index contributed by atoms with van der Waals surface area (Å²) in [5.41, 5.74) is 0.0874. The van der Waals surface area contributed by atoms with Crippen LogP contribution in [0.15, 0.2) is 30.3 Å². The molecule has 0 spiro atoms. The lowest BCUT2D eigenvalue weighted by Gasteiger charge is -2.23. The number of anilines is 1. The molecule has 1 heterocycles. The topological polar surface area (TPSA) is 38.8 Å². The summed E-state index contributed by atoms with van der Waals surface area (Å²) in [5, 5.41) is 0.366. The van der Waals surface area contributed by atoms with Gasteiger partial charge in [-0.25, -0.2) is 8.78 Å². The molecule has 7 heteroatoms. The van der Waals surface area contributed by atoms with Crippen molar-refractivity contribution in [3.8, 4) is 11.5 Å². The molecule has 2 aromatic carbocycles. The molecule has 0 aliphatic carbocycles. The van der Waals surface area contributed by atoms with Crippen molar-refractivity contribution in [1.82, 2.24) is 0 Å². The van der Waals surface area contributed by atoms with E-state index in [1.54, 1.807) is 12.1 Å². The van der Waals surface area contributed by atoms with Crippen molar-refractivity contribution < 1.29 is 23.0 Å². The third-order valence-corrected chi connectivity index (χ3v) is 3.98. The first-order chi connectivity index (χ1) is 11.4. The summed E-state index contributed by atoms with van der Waals surface area (Å²) < 4.78 is 39.2. The van der Waals surface area contributed by atoms with Crippen LogP contribution < -0.4 is 14.4 Å².